The van der Waals surface area contributed by atoms with Crippen molar-refractivity contribution in [2.45, 2.75) is 44.2 Å². The Kier molecular flexibility index (Phi) is 1.87. The Hall–Kier alpha value is -0.830. The van der Waals surface area contributed by atoms with E-state index in [0.717, 1.165) is 18.2 Å². The predicted octanol–water partition coefficient (Wildman–Crippen LogP) is 2.10. The molecule has 14 heavy (non-hydrogen) atoms. The largest absolute Gasteiger partial charge is 0.451 e. The van der Waals surface area contributed by atoms with Crippen molar-refractivity contribution in [3.63, 3.8) is 0 Å². The summed E-state index contributed by atoms with van der Waals surface area (Å²) in [4.78, 5) is 4.13. The summed E-state index contributed by atoms with van der Waals surface area (Å²) in [6, 6.07) is 0. The van der Waals surface area contributed by atoms with Gasteiger partial charge in [0, 0.05) is 12.1 Å². The van der Waals surface area contributed by atoms with Crippen molar-refractivity contribution < 1.29 is 4.42 Å². The Bertz CT molecular complexity index is 299. The zero-order chi connectivity index (χ0) is 9.43. The smallest absolute Gasteiger partial charge is 0.180 e. The third kappa shape index (κ3) is 1.36. The molecule has 0 radical (unpaired) electrons. The minimum absolute atomic E-state index is 0.448. The van der Waals surface area contributed by atoms with Gasteiger partial charge in [-0.25, -0.2) is 4.98 Å². The Balaban J connectivity index is 1.62. The van der Waals surface area contributed by atoms with Gasteiger partial charge in [-0.05, 0) is 38.0 Å². The van der Waals surface area contributed by atoms with Crippen molar-refractivity contribution in [3.8, 4) is 0 Å². The summed E-state index contributed by atoms with van der Waals surface area (Å²) in [5.74, 6) is 1.000. The zero-order valence-electron chi connectivity index (χ0n) is 8.33. The van der Waals surface area contributed by atoms with Crippen LogP contribution in [0.3, 0.4) is 0 Å². The molecule has 0 atom stereocenters. The molecule has 3 nitrogen and oxygen atoms in total. The van der Waals surface area contributed by atoms with Gasteiger partial charge in [-0.1, -0.05) is 0 Å². The number of nitrogens with zero attached hydrogens (tertiary/aromatic N) is 1. The molecule has 2 aliphatic rings. The zero-order valence-corrected chi connectivity index (χ0v) is 8.33. The Morgan fingerprint density at radius 2 is 2.36 bits per heavy atom. The minimum atomic E-state index is 0.448. The van der Waals surface area contributed by atoms with Gasteiger partial charge < -0.3 is 9.73 Å². The average molecular weight is 192 g/mol. The molecule has 0 aromatic carbocycles. The van der Waals surface area contributed by atoms with Crippen molar-refractivity contribution in [2.24, 2.45) is 5.92 Å². The van der Waals surface area contributed by atoms with Crippen LogP contribution < -0.4 is 5.32 Å². The highest BCUT2D eigenvalue weighted by Crippen LogP contribution is 2.47. The number of hydrogen-bond donors (Lipinski definition) is 1. The molecular formula is C11H16N2O. The van der Waals surface area contributed by atoms with Crippen LogP contribution in [0.2, 0.25) is 0 Å². The van der Waals surface area contributed by atoms with Crippen molar-refractivity contribution in [3.05, 3.63) is 18.4 Å². The topological polar surface area (TPSA) is 38.1 Å². The van der Waals surface area contributed by atoms with Crippen molar-refractivity contribution in [2.75, 3.05) is 0 Å². The first-order valence-electron chi connectivity index (χ1n) is 5.48. The summed E-state index contributed by atoms with van der Waals surface area (Å²) in [5.41, 5.74) is 1.47. The summed E-state index contributed by atoms with van der Waals surface area (Å²) < 4.78 is 4.96. The quantitative estimate of drug-likeness (QED) is 0.797. The number of fused-ring (bicyclic) bond motifs is 2. The molecule has 2 bridgehead atoms. The highest BCUT2D eigenvalue weighted by molar-refractivity contribution is 5.04. The lowest BCUT2D eigenvalue weighted by Crippen LogP contribution is -2.40. The summed E-state index contributed by atoms with van der Waals surface area (Å²) in [5, 5.41) is 3.67. The van der Waals surface area contributed by atoms with Crippen LogP contribution in [0.5, 0.6) is 0 Å². The fourth-order valence-corrected chi connectivity index (χ4v) is 3.04. The molecule has 0 unspecified atom stereocenters. The molecule has 2 fully saturated rings. The van der Waals surface area contributed by atoms with Gasteiger partial charge in [0.2, 0.25) is 0 Å². The van der Waals surface area contributed by atoms with E-state index < -0.39 is 0 Å². The van der Waals surface area contributed by atoms with Crippen LogP contribution in [-0.2, 0) is 6.54 Å². The number of rotatable bonds is 3. The van der Waals surface area contributed by atoms with E-state index in [1.54, 1.807) is 6.26 Å². The third-order valence-electron chi connectivity index (χ3n) is 3.87. The van der Waals surface area contributed by atoms with E-state index in [0.29, 0.717) is 5.54 Å². The highest BCUT2D eigenvalue weighted by Gasteiger charge is 2.44. The first kappa shape index (κ1) is 8.48. The van der Waals surface area contributed by atoms with Gasteiger partial charge in [-0.15, -0.1) is 0 Å². The first-order chi connectivity index (χ1) is 6.86. The molecule has 1 aromatic rings. The van der Waals surface area contributed by atoms with E-state index in [1.165, 1.54) is 38.5 Å². The lowest BCUT2D eigenvalue weighted by molar-refractivity contribution is 0.323. The SMILES string of the molecule is c1nc(CNC23CCC(CC2)C3)co1. The second kappa shape index (κ2) is 3.09. The minimum Gasteiger partial charge on any atom is -0.451 e. The van der Waals surface area contributed by atoms with E-state index in [1.807, 2.05) is 0 Å². The van der Waals surface area contributed by atoms with Crippen LogP contribution >= 0.6 is 0 Å². The Morgan fingerprint density at radius 3 is 2.93 bits per heavy atom. The lowest BCUT2D eigenvalue weighted by atomic mass is 9.94. The molecule has 3 heteroatoms. The molecule has 3 rings (SSSR count). The maximum atomic E-state index is 4.96. The number of aromatic nitrogens is 1. The van der Waals surface area contributed by atoms with E-state index in [2.05, 4.69) is 10.3 Å². The van der Waals surface area contributed by atoms with E-state index in [9.17, 15) is 0 Å². The summed E-state index contributed by atoms with van der Waals surface area (Å²) in [6.07, 6.45) is 10.2. The third-order valence-corrected chi connectivity index (χ3v) is 3.87. The van der Waals surface area contributed by atoms with Crippen LogP contribution in [0.4, 0.5) is 0 Å². The van der Waals surface area contributed by atoms with Gasteiger partial charge in [0.25, 0.3) is 0 Å². The number of hydrogen-bond acceptors (Lipinski definition) is 3. The van der Waals surface area contributed by atoms with Gasteiger partial charge >= 0.3 is 0 Å². The predicted molar refractivity (Wildman–Crippen MR) is 52.6 cm³/mol. The number of nitrogens with one attached hydrogen (secondary N) is 1. The molecule has 76 valence electrons. The molecule has 0 spiro atoms. The van der Waals surface area contributed by atoms with Gasteiger partial charge in [0.15, 0.2) is 6.39 Å². The van der Waals surface area contributed by atoms with Crippen LogP contribution in [0.25, 0.3) is 0 Å². The van der Waals surface area contributed by atoms with Gasteiger partial charge in [-0.3, -0.25) is 0 Å². The second-order valence-electron chi connectivity index (χ2n) is 4.76. The van der Waals surface area contributed by atoms with Crippen molar-refractivity contribution in [1.82, 2.24) is 10.3 Å². The maximum Gasteiger partial charge on any atom is 0.180 e. The van der Waals surface area contributed by atoms with Gasteiger partial charge in [0.05, 0.1) is 5.69 Å². The van der Waals surface area contributed by atoms with Gasteiger partial charge in [-0.2, -0.15) is 0 Å². The van der Waals surface area contributed by atoms with Crippen LogP contribution in [0.15, 0.2) is 17.1 Å². The summed E-state index contributed by atoms with van der Waals surface area (Å²) >= 11 is 0. The van der Waals surface area contributed by atoms with Crippen LogP contribution in [0, 0.1) is 5.92 Å². The molecular weight excluding hydrogens is 176 g/mol. The highest BCUT2D eigenvalue weighted by atomic mass is 16.3. The lowest BCUT2D eigenvalue weighted by Gasteiger charge is -2.27. The van der Waals surface area contributed by atoms with E-state index in [4.69, 9.17) is 4.42 Å². The fraction of sp³-hybridized carbons (Fsp3) is 0.727. The van der Waals surface area contributed by atoms with E-state index in [-0.39, 0.29) is 0 Å². The molecule has 1 N–H and O–H groups in total. The Morgan fingerprint density at radius 1 is 1.50 bits per heavy atom. The summed E-state index contributed by atoms with van der Waals surface area (Å²) in [7, 11) is 0. The van der Waals surface area contributed by atoms with E-state index >= 15 is 0 Å². The summed E-state index contributed by atoms with van der Waals surface area (Å²) in [6.45, 7) is 0.864. The molecule has 1 aromatic heterocycles. The number of oxazole rings is 1. The molecule has 1 heterocycles. The Labute approximate surface area is 83.9 Å². The standard InChI is InChI=1S/C11H16N2O/c1-3-11(4-2-9(1)5-11)13-6-10-7-14-8-12-10/h7-9,13H,1-6H2. The average Bonchev–Trinajstić information content (AvgIpc) is 2.93. The van der Waals surface area contributed by atoms with Crippen molar-refractivity contribution in [1.29, 1.82) is 0 Å². The van der Waals surface area contributed by atoms with Crippen LogP contribution in [0.1, 0.15) is 37.8 Å². The van der Waals surface area contributed by atoms with Crippen molar-refractivity contribution >= 4 is 0 Å². The first-order valence-corrected chi connectivity index (χ1v) is 5.48. The molecule has 0 aliphatic heterocycles. The second-order valence-corrected chi connectivity index (χ2v) is 4.76. The molecule has 0 amide bonds. The monoisotopic (exact) mass is 192 g/mol. The van der Waals surface area contributed by atoms with Gasteiger partial charge in [0.1, 0.15) is 6.26 Å². The molecule has 2 aliphatic carbocycles. The fourth-order valence-electron chi connectivity index (χ4n) is 3.04. The normalized spacial score (nSPS) is 35.3. The molecule has 2 saturated carbocycles. The molecule has 0 saturated heterocycles. The maximum absolute atomic E-state index is 4.96. The van der Waals surface area contributed by atoms with Crippen LogP contribution in [-0.4, -0.2) is 10.5 Å².